The fraction of sp³-hybridized carbons (Fsp3) is 0.375. The number of nitrogens with one attached hydrogen (secondary N) is 2. The lowest BCUT2D eigenvalue weighted by molar-refractivity contribution is -0.121. The van der Waals surface area contributed by atoms with Gasteiger partial charge in [-0.1, -0.05) is 56.7 Å². The third kappa shape index (κ3) is 6.48. The molecule has 1 amide bonds. The van der Waals surface area contributed by atoms with E-state index in [4.69, 9.17) is 17.0 Å². The van der Waals surface area contributed by atoms with Gasteiger partial charge in [-0.2, -0.15) is 0 Å². The monoisotopic (exact) mass is 455 g/mol. The van der Waals surface area contributed by atoms with Gasteiger partial charge in [0.15, 0.2) is 16.9 Å². The smallest absolute Gasteiger partial charge is 0.264 e. The molecule has 31 heavy (non-hydrogen) atoms. The molecule has 0 aliphatic rings. The van der Waals surface area contributed by atoms with Crippen LogP contribution in [0.4, 0.5) is 5.13 Å². The minimum atomic E-state index is -0.309. The maximum Gasteiger partial charge on any atom is 0.264 e. The van der Waals surface area contributed by atoms with Gasteiger partial charge >= 0.3 is 0 Å². The molecule has 0 bridgehead atoms. The molecule has 3 rings (SSSR count). The molecule has 0 spiro atoms. The molecule has 0 unspecified atom stereocenters. The van der Waals surface area contributed by atoms with Crippen LogP contribution in [0.15, 0.2) is 36.4 Å². The van der Waals surface area contributed by atoms with E-state index in [1.54, 1.807) is 0 Å². The van der Waals surface area contributed by atoms with Crippen LogP contribution in [0.2, 0.25) is 0 Å². The Morgan fingerprint density at radius 3 is 2.77 bits per heavy atom. The predicted octanol–water partition coefficient (Wildman–Crippen LogP) is 5.96. The summed E-state index contributed by atoms with van der Waals surface area (Å²) in [6.07, 6.45) is 3.42. The first kappa shape index (κ1) is 23.2. The van der Waals surface area contributed by atoms with Crippen molar-refractivity contribution in [3.05, 3.63) is 53.1 Å². The van der Waals surface area contributed by atoms with Crippen molar-refractivity contribution in [2.75, 3.05) is 11.9 Å². The Kier molecular flexibility index (Phi) is 7.98. The van der Waals surface area contributed by atoms with E-state index in [1.807, 2.05) is 31.2 Å². The number of thiazole rings is 1. The Morgan fingerprint density at radius 1 is 1.23 bits per heavy atom. The van der Waals surface area contributed by atoms with E-state index in [1.165, 1.54) is 29.7 Å². The van der Waals surface area contributed by atoms with Gasteiger partial charge in [-0.3, -0.25) is 10.1 Å². The minimum absolute atomic E-state index is 0.106. The SMILES string of the molecule is CCCCc1ccc2nc(NC(=S)NC(=O)COc3cc(C)ccc3C(C)C)sc2c1. The largest absolute Gasteiger partial charge is 0.483 e. The van der Waals surface area contributed by atoms with Crippen LogP contribution in [0.25, 0.3) is 10.2 Å². The number of aromatic nitrogens is 1. The van der Waals surface area contributed by atoms with Crippen molar-refractivity contribution in [2.24, 2.45) is 0 Å². The summed E-state index contributed by atoms with van der Waals surface area (Å²) in [4.78, 5) is 16.9. The normalized spacial score (nSPS) is 11.0. The van der Waals surface area contributed by atoms with Crippen molar-refractivity contribution >= 4 is 49.9 Å². The molecule has 5 nitrogen and oxygen atoms in total. The number of ether oxygens (including phenoxy) is 1. The van der Waals surface area contributed by atoms with Gasteiger partial charge < -0.3 is 10.1 Å². The maximum absolute atomic E-state index is 12.3. The molecule has 2 N–H and O–H groups in total. The minimum Gasteiger partial charge on any atom is -0.483 e. The summed E-state index contributed by atoms with van der Waals surface area (Å²) in [6.45, 7) is 8.28. The van der Waals surface area contributed by atoms with Gasteiger partial charge in [-0.25, -0.2) is 4.98 Å². The number of hydrogen-bond donors (Lipinski definition) is 2. The van der Waals surface area contributed by atoms with Gasteiger partial charge in [0, 0.05) is 0 Å². The zero-order chi connectivity index (χ0) is 22.4. The molecule has 0 atom stereocenters. The second kappa shape index (κ2) is 10.7. The number of fused-ring (bicyclic) bond motifs is 1. The molecule has 2 aromatic carbocycles. The number of thiocarbonyl (C=S) groups is 1. The van der Waals surface area contributed by atoms with Crippen LogP contribution in [0.3, 0.4) is 0 Å². The quantitative estimate of drug-likeness (QED) is 0.410. The number of aryl methyl sites for hydroxylation is 2. The highest BCUT2D eigenvalue weighted by Crippen LogP contribution is 2.28. The number of unbranched alkanes of at least 4 members (excludes halogenated alkanes) is 1. The predicted molar refractivity (Wildman–Crippen MR) is 133 cm³/mol. The van der Waals surface area contributed by atoms with Gasteiger partial charge in [0.2, 0.25) is 0 Å². The van der Waals surface area contributed by atoms with Crippen LogP contribution in [0, 0.1) is 6.92 Å². The van der Waals surface area contributed by atoms with E-state index in [-0.39, 0.29) is 17.6 Å². The lowest BCUT2D eigenvalue weighted by Crippen LogP contribution is -2.37. The first-order chi connectivity index (χ1) is 14.9. The summed E-state index contributed by atoms with van der Waals surface area (Å²) in [6, 6.07) is 12.4. The van der Waals surface area contributed by atoms with Gasteiger partial charge in [0.1, 0.15) is 5.75 Å². The van der Waals surface area contributed by atoms with E-state index in [9.17, 15) is 4.79 Å². The molecule has 0 aliphatic heterocycles. The second-order valence-electron chi connectivity index (χ2n) is 7.91. The summed E-state index contributed by atoms with van der Waals surface area (Å²) in [7, 11) is 0. The first-order valence-electron chi connectivity index (χ1n) is 10.6. The first-order valence-corrected chi connectivity index (χ1v) is 11.8. The van der Waals surface area contributed by atoms with Crippen molar-refractivity contribution in [3.8, 4) is 5.75 Å². The molecule has 0 fully saturated rings. The lowest BCUT2D eigenvalue weighted by Gasteiger charge is -2.15. The third-order valence-corrected chi connectivity index (χ3v) is 6.03. The van der Waals surface area contributed by atoms with E-state index >= 15 is 0 Å². The van der Waals surface area contributed by atoms with Crippen LogP contribution in [0.1, 0.15) is 56.2 Å². The second-order valence-corrected chi connectivity index (χ2v) is 9.35. The highest BCUT2D eigenvalue weighted by Gasteiger charge is 2.12. The van der Waals surface area contributed by atoms with Crippen LogP contribution in [-0.4, -0.2) is 22.6 Å². The molecular weight excluding hydrogens is 426 g/mol. The zero-order valence-corrected chi connectivity index (χ0v) is 20.1. The Balaban J connectivity index is 1.56. The molecule has 0 aliphatic carbocycles. The van der Waals surface area contributed by atoms with Gasteiger partial charge in [0.05, 0.1) is 10.2 Å². The van der Waals surface area contributed by atoms with Gasteiger partial charge in [-0.05, 0) is 72.8 Å². The zero-order valence-electron chi connectivity index (χ0n) is 18.5. The average Bonchev–Trinajstić information content (AvgIpc) is 3.11. The van der Waals surface area contributed by atoms with Crippen molar-refractivity contribution < 1.29 is 9.53 Å². The van der Waals surface area contributed by atoms with Crippen LogP contribution >= 0.6 is 23.6 Å². The number of benzene rings is 2. The standard InChI is InChI=1S/C24H29N3O2S2/c1-5-6-7-17-9-11-19-21(13-17)31-24(25-19)27-23(30)26-22(28)14-29-20-12-16(4)8-10-18(20)15(2)3/h8-13,15H,5-7,14H2,1-4H3,(H2,25,26,27,28,30). The van der Waals surface area contributed by atoms with Crippen molar-refractivity contribution in [3.63, 3.8) is 0 Å². The molecule has 0 saturated heterocycles. The summed E-state index contributed by atoms with van der Waals surface area (Å²) >= 11 is 6.81. The lowest BCUT2D eigenvalue weighted by atomic mass is 10.0. The summed E-state index contributed by atoms with van der Waals surface area (Å²) in [5, 5.41) is 6.56. The van der Waals surface area contributed by atoms with Gasteiger partial charge in [0.25, 0.3) is 5.91 Å². The Hall–Kier alpha value is -2.51. The van der Waals surface area contributed by atoms with E-state index in [0.717, 1.165) is 33.5 Å². The molecule has 164 valence electrons. The summed E-state index contributed by atoms with van der Waals surface area (Å²) in [5.41, 5.74) is 4.40. The molecule has 0 radical (unpaired) electrons. The van der Waals surface area contributed by atoms with E-state index in [2.05, 4.69) is 48.5 Å². The molecular formula is C24H29N3O2S2. The van der Waals surface area contributed by atoms with Gasteiger partial charge in [-0.15, -0.1) is 0 Å². The summed E-state index contributed by atoms with van der Waals surface area (Å²) in [5.74, 6) is 0.730. The maximum atomic E-state index is 12.3. The number of hydrogen-bond acceptors (Lipinski definition) is 5. The number of amides is 1. The molecule has 1 aromatic heterocycles. The topological polar surface area (TPSA) is 63.2 Å². The molecule has 3 aromatic rings. The van der Waals surface area contributed by atoms with Crippen molar-refractivity contribution in [1.82, 2.24) is 10.3 Å². The number of carbonyl (C=O) groups excluding carboxylic acids is 1. The average molecular weight is 456 g/mol. The van der Waals surface area contributed by atoms with Crippen LogP contribution in [0.5, 0.6) is 5.75 Å². The third-order valence-electron chi connectivity index (χ3n) is 4.90. The summed E-state index contributed by atoms with van der Waals surface area (Å²) < 4.78 is 6.88. The number of carbonyl (C=O) groups is 1. The Bertz CT molecular complexity index is 1080. The fourth-order valence-corrected chi connectivity index (χ4v) is 4.45. The van der Waals surface area contributed by atoms with E-state index in [0.29, 0.717) is 11.0 Å². The fourth-order valence-electron chi connectivity index (χ4n) is 3.24. The highest BCUT2D eigenvalue weighted by molar-refractivity contribution is 7.80. The molecule has 0 saturated carbocycles. The Labute approximate surface area is 193 Å². The molecule has 7 heteroatoms. The van der Waals surface area contributed by atoms with E-state index < -0.39 is 0 Å². The number of rotatable bonds is 8. The van der Waals surface area contributed by atoms with Crippen LogP contribution in [-0.2, 0) is 11.2 Å². The molecule has 1 heterocycles. The number of nitrogens with zero attached hydrogens (tertiary/aromatic N) is 1. The Morgan fingerprint density at radius 2 is 2.03 bits per heavy atom. The van der Waals surface area contributed by atoms with Crippen molar-refractivity contribution in [2.45, 2.75) is 52.9 Å². The highest BCUT2D eigenvalue weighted by atomic mass is 32.1. The van der Waals surface area contributed by atoms with Crippen molar-refractivity contribution in [1.29, 1.82) is 0 Å². The number of anilines is 1. The van der Waals surface area contributed by atoms with Crippen LogP contribution < -0.4 is 15.4 Å².